The number of pyridine rings is 1. The lowest BCUT2D eigenvalue weighted by Crippen LogP contribution is -2.19. The Morgan fingerprint density at radius 1 is 1.00 bits per heavy atom. The van der Waals surface area contributed by atoms with Gasteiger partial charge in [0.15, 0.2) is 0 Å². The maximum absolute atomic E-state index is 12.2. The van der Waals surface area contributed by atoms with E-state index >= 15 is 0 Å². The lowest BCUT2D eigenvalue weighted by Gasteiger charge is -2.11. The summed E-state index contributed by atoms with van der Waals surface area (Å²) >= 11 is 5.91. The Kier molecular flexibility index (Phi) is 5.24. The van der Waals surface area contributed by atoms with Gasteiger partial charge in [-0.15, -0.1) is 0 Å². The van der Waals surface area contributed by atoms with E-state index in [1.54, 1.807) is 23.6 Å². The molecule has 4 nitrogen and oxygen atoms in total. The maximum Gasteiger partial charge on any atom is 0.250 e. The average molecular weight is 367 g/mol. The molecule has 0 bridgehead atoms. The number of halogens is 1. The topological polar surface area (TPSA) is 65.1 Å². The van der Waals surface area contributed by atoms with E-state index in [2.05, 4.69) is 0 Å². The minimum atomic E-state index is -0.353. The molecule has 5 heteroatoms. The molecule has 0 radical (unpaired) electrons. The van der Waals surface area contributed by atoms with Crippen molar-refractivity contribution in [3.8, 4) is 11.1 Å². The predicted molar refractivity (Wildman–Crippen MR) is 104 cm³/mol. The largest absolute Gasteiger partial charge is 0.369 e. The van der Waals surface area contributed by atoms with E-state index in [0.29, 0.717) is 11.6 Å². The number of primary amides is 1. The van der Waals surface area contributed by atoms with Gasteiger partial charge in [0.05, 0.1) is 12.5 Å². The van der Waals surface area contributed by atoms with E-state index in [-0.39, 0.29) is 17.4 Å². The predicted octanol–water partition coefficient (Wildman–Crippen LogP) is 3.81. The third-order valence-electron chi connectivity index (χ3n) is 4.42. The first kappa shape index (κ1) is 18.0. The van der Waals surface area contributed by atoms with Crippen LogP contribution in [-0.2, 0) is 11.3 Å². The Labute approximate surface area is 156 Å². The molecule has 0 aliphatic rings. The number of nitrogens with two attached hydrogens (primary N) is 1. The summed E-state index contributed by atoms with van der Waals surface area (Å²) < 4.78 is 1.67. The van der Waals surface area contributed by atoms with Crippen LogP contribution in [0.2, 0.25) is 5.02 Å². The molecule has 1 heterocycles. The van der Waals surface area contributed by atoms with Crippen LogP contribution in [-0.4, -0.2) is 10.5 Å². The standard InChI is InChI=1S/C21H19ClN2O2/c1-14(21(23)26)16-4-6-17(7-5-16)18-8-11-20(25)24(13-18)12-15-2-9-19(22)10-3-15/h2-11,13-14H,12H2,1H3,(H2,23,26). The fraction of sp³-hybridized carbons (Fsp3) is 0.143. The van der Waals surface area contributed by atoms with Crippen LogP contribution in [0.5, 0.6) is 0 Å². The highest BCUT2D eigenvalue weighted by Gasteiger charge is 2.11. The van der Waals surface area contributed by atoms with E-state index in [9.17, 15) is 9.59 Å². The van der Waals surface area contributed by atoms with Crippen LogP contribution >= 0.6 is 11.6 Å². The molecule has 1 atom stereocenters. The SMILES string of the molecule is CC(C(N)=O)c1ccc(-c2ccc(=O)n(Cc3ccc(Cl)cc3)c2)cc1. The maximum atomic E-state index is 12.2. The summed E-state index contributed by atoms with van der Waals surface area (Å²) in [4.78, 5) is 23.5. The van der Waals surface area contributed by atoms with Gasteiger partial charge in [0.2, 0.25) is 5.91 Å². The first-order chi connectivity index (χ1) is 12.4. The molecule has 0 saturated heterocycles. The second-order valence-corrected chi connectivity index (χ2v) is 6.69. The molecule has 132 valence electrons. The van der Waals surface area contributed by atoms with Gasteiger partial charge >= 0.3 is 0 Å². The van der Waals surface area contributed by atoms with E-state index < -0.39 is 0 Å². The van der Waals surface area contributed by atoms with E-state index in [1.165, 1.54) is 0 Å². The molecular weight excluding hydrogens is 348 g/mol. The van der Waals surface area contributed by atoms with Gasteiger partial charge in [0.25, 0.3) is 5.56 Å². The van der Waals surface area contributed by atoms with Gasteiger partial charge in [-0.05, 0) is 47.4 Å². The molecule has 3 rings (SSSR count). The Balaban J connectivity index is 1.88. The van der Waals surface area contributed by atoms with Crippen LogP contribution in [0.4, 0.5) is 0 Å². The molecular formula is C21H19ClN2O2. The number of carbonyl (C=O) groups excluding carboxylic acids is 1. The van der Waals surface area contributed by atoms with Crippen molar-refractivity contribution >= 4 is 17.5 Å². The van der Waals surface area contributed by atoms with Crippen LogP contribution in [0.25, 0.3) is 11.1 Å². The molecule has 0 spiro atoms. The summed E-state index contributed by atoms with van der Waals surface area (Å²) in [6.45, 7) is 2.25. The van der Waals surface area contributed by atoms with Gasteiger partial charge < -0.3 is 10.3 Å². The third-order valence-corrected chi connectivity index (χ3v) is 4.67. The van der Waals surface area contributed by atoms with Crippen molar-refractivity contribution in [2.24, 2.45) is 5.73 Å². The highest BCUT2D eigenvalue weighted by molar-refractivity contribution is 6.30. The van der Waals surface area contributed by atoms with E-state index in [4.69, 9.17) is 17.3 Å². The molecule has 0 saturated carbocycles. The summed E-state index contributed by atoms with van der Waals surface area (Å²) in [5.41, 5.74) is 9.05. The van der Waals surface area contributed by atoms with Gasteiger partial charge in [-0.25, -0.2) is 0 Å². The fourth-order valence-corrected chi connectivity index (χ4v) is 2.87. The molecule has 0 fully saturated rings. The van der Waals surface area contributed by atoms with Crippen molar-refractivity contribution in [2.75, 3.05) is 0 Å². The van der Waals surface area contributed by atoms with Crippen molar-refractivity contribution in [3.05, 3.63) is 93.4 Å². The van der Waals surface area contributed by atoms with Gasteiger partial charge in [-0.2, -0.15) is 0 Å². The number of hydrogen-bond donors (Lipinski definition) is 1. The van der Waals surface area contributed by atoms with Crippen molar-refractivity contribution < 1.29 is 4.79 Å². The summed E-state index contributed by atoms with van der Waals surface area (Å²) in [7, 11) is 0. The van der Waals surface area contributed by atoms with Crippen LogP contribution < -0.4 is 11.3 Å². The van der Waals surface area contributed by atoms with Crippen LogP contribution in [0.15, 0.2) is 71.7 Å². The molecule has 0 aliphatic heterocycles. The minimum absolute atomic E-state index is 0.0670. The molecule has 1 aromatic heterocycles. The molecule has 3 aromatic rings. The van der Waals surface area contributed by atoms with Gasteiger partial charge in [0, 0.05) is 17.3 Å². The first-order valence-corrected chi connectivity index (χ1v) is 8.66. The van der Waals surface area contributed by atoms with Crippen molar-refractivity contribution in [1.29, 1.82) is 0 Å². The summed E-state index contributed by atoms with van der Waals surface area (Å²) in [5.74, 6) is -0.683. The number of nitrogens with zero attached hydrogens (tertiary/aromatic N) is 1. The van der Waals surface area contributed by atoms with E-state index in [1.807, 2.05) is 54.7 Å². The summed E-state index contributed by atoms with van der Waals surface area (Å²) in [6, 6.07) is 18.4. The zero-order valence-corrected chi connectivity index (χ0v) is 15.1. The molecule has 1 amide bonds. The first-order valence-electron chi connectivity index (χ1n) is 8.28. The van der Waals surface area contributed by atoms with Crippen LogP contribution in [0.1, 0.15) is 24.0 Å². The lowest BCUT2D eigenvalue weighted by molar-refractivity contribution is -0.119. The number of aromatic nitrogens is 1. The van der Waals surface area contributed by atoms with Gasteiger partial charge in [-0.3, -0.25) is 9.59 Å². The second-order valence-electron chi connectivity index (χ2n) is 6.26. The number of amides is 1. The molecule has 0 aliphatic carbocycles. The minimum Gasteiger partial charge on any atom is -0.369 e. The third kappa shape index (κ3) is 4.03. The number of rotatable bonds is 5. The van der Waals surface area contributed by atoms with E-state index in [0.717, 1.165) is 22.3 Å². The monoisotopic (exact) mass is 366 g/mol. The number of hydrogen-bond acceptors (Lipinski definition) is 2. The Morgan fingerprint density at radius 2 is 1.62 bits per heavy atom. The van der Waals surface area contributed by atoms with Crippen molar-refractivity contribution in [1.82, 2.24) is 4.57 Å². The highest BCUT2D eigenvalue weighted by Crippen LogP contribution is 2.22. The number of carbonyl (C=O) groups is 1. The average Bonchev–Trinajstić information content (AvgIpc) is 2.65. The smallest absolute Gasteiger partial charge is 0.250 e. The van der Waals surface area contributed by atoms with Gasteiger partial charge in [0.1, 0.15) is 0 Å². The second kappa shape index (κ2) is 7.58. The Bertz CT molecular complexity index is 976. The summed E-state index contributed by atoms with van der Waals surface area (Å²) in [5, 5.41) is 0.667. The zero-order valence-electron chi connectivity index (χ0n) is 14.4. The Morgan fingerprint density at radius 3 is 2.23 bits per heavy atom. The highest BCUT2D eigenvalue weighted by atomic mass is 35.5. The van der Waals surface area contributed by atoms with Crippen LogP contribution in [0, 0.1) is 0 Å². The number of benzene rings is 2. The Hall–Kier alpha value is -2.85. The lowest BCUT2D eigenvalue weighted by atomic mass is 9.97. The fourth-order valence-electron chi connectivity index (χ4n) is 2.74. The summed E-state index contributed by atoms with van der Waals surface area (Å²) in [6.07, 6.45) is 1.84. The normalized spacial score (nSPS) is 11.9. The van der Waals surface area contributed by atoms with Crippen molar-refractivity contribution in [2.45, 2.75) is 19.4 Å². The van der Waals surface area contributed by atoms with Crippen LogP contribution in [0.3, 0.4) is 0 Å². The molecule has 1 unspecified atom stereocenters. The van der Waals surface area contributed by atoms with Crippen molar-refractivity contribution in [3.63, 3.8) is 0 Å². The molecule has 2 aromatic carbocycles. The molecule has 26 heavy (non-hydrogen) atoms. The van der Waals surface area contributed by atoms with Gasteiger partial charge in [-0.1, -0.05) is 48.0 Å². The molecule has 2 N–H and O–H groups in total. The zero-order chi connectivity index (χ0) is 18.7. The quantitative estimate of drug-likeness (QED) is 0.746.